The Bertz CT molecular complexity index is 676. The van der Waals surface area contributed by atoms with Gasteiger partial charge in [0.2, 0.25) is 15.9 Å². The molecule has 1 fully saturated rings. The van der Waals surface area contributed by atoms with Crippen molar-refractivity contribution in [3.05, 3.63) is 23.8 Å². The van der Waals surface area contributed by atoms with Crippen molar-refractivity contribution in [2.75, 3.05) is 11.9 Å². The molecule has 142 valence electrons. The highest BCUT2D eigenvalue weighted by atomic mass is 35.5. The third-order valence-corrected chi connectivity index (χ3v) is 5.68. The molecule has 0 bridgehead atoms. The van der Waals surface area contributed by atoms with Gasteiger partial charge in [0.25, 0.3) is 0 Å². The van der Waals surface area contributed by atoms with Crippen LogP contribution in [0.3, 0.4) is 0 Å². The fraction of sp³-hybridized carbons (Fsp3) is 0.588. The van der Waals surface area contributed by atoms with Crippen molar-refractivity contribution in [2.24, 2.45) is 5.73 Å². The van der Waals surface area contributed by atoms with Crippen LogP contribution in [-0.4, -0.2) is 26.9 Å². The van der Waals surface area contributed by atoms with E-state index in [1.165, 1.54) is 6.07 Å². The monoisotopic (exact) mass is 389 g/mol. The van der Waals surface area contributed by atoms with Crippen molar-refractivity contribution in [1.82, 2.24) is 4.72 Å². The first-order chi connectivity index (χ1) is 11.4. The molecule has 1 aromatic carbocycles. The lowest BCUT2D eigenvalue weighted by Gasteiger charge is -2.11. The zero-order chi connectivity index (χ0) is 17.6. The number of halogens is 1. The third kappa shape index (κ3) is 7.32. The van der Waals surface area contributed by atoms with E-state index in [-0.39, 0.29) is 29.3 Å². The summed E-state index contributed by atoms with van der Waals surface area (Å²) in [6.45, 7) is 2.44. The lowest BCUT2D eigenvalue weighted by molar-refractivity contribution is -0.116. The standard InChI is InChI=1S/C17H27N3O3S.ClH/c1-13-7-8-15(19-17(21)6-4-2-3-5-11-18)12-16(13)24(22,23)20-14-9-10-14;/h7-8,12,14,20H,2-6,9-11,18H2,1H3,(H,19,21);1H. The van der Waals surface area contributed by atoms with E-state index in [0.29, 0.717) is 24.2 Å². The fourth-order valence-electron chi connectivity index (χ4n) is 2.46. The minimum Gasteiger partial charge on any atom is -0.330 e. The maximum absolute atomic E-state index is 12.4. The summed E-state index contributed by atoms with van der Waals surface area (Å²) in [5.74, 6) is -0.0925. The molecule has 0 radical (unpaired) electrons. The van der Waals surface area contributed by atoms with Gasteiger partial charge in [-0.15, -0.1) is 12.4 Å². The number of hydrogen-bond donors (Lipinski definition) is 3. The second-order valence-corrected chi connectivity index (χ2v) is 8.06. The summed E-state index contributed by atoms with van der Waals surface area (Å²) in [4.78, 5) is 12.2. The van der Waals surface area contributed by atoms with Gasteiger partial charge in [-0.05, 0) is 56.8 Å². The van der Waals surface area contributed by atoms with Crippen LogP contribution in [0.1, 0.15) is 50.5 Å². The minimum atomic E-state index is -3.53. The molecule has 1 aliphatic carbocycles. The average Bonchev–Trinajstić information content (AvgIpc) is 3.32. The van der Waals surface area contributed by atoms with Gasteiger partial charge in [0.1, 0.15) is 0 Å². The molecule has 0 saturated heterocycles. The number of unbranched alkanes of at least 4 members (excludes halogenated alkanes) is 3. The molecule has 4 N–H and O–H groups in total. The van der Waals surface area contributed by atoms with Crippen molar-refractivity contribution in [2.45, 2.75) is 62.8 Å². The van der Waals surface area contributed by atoms with Crippen molar-refractivity contribution in [3.63, 3.8) is 0 Å². The van der Waals surface area contributed by atoms with E-state index in [2.05, 4.69) is 10.0 Å². The zero-order valence-electron chi connectivity index (χ0n) is 14.6. The Morgan fingerprint density at radius 2 is 1.88 bits per heavy atom. The zero-order valence-corrected chi connectivity index (χ0v) is 16.2. The van der Waals surface area contributed by atoms with Gasteiger partial charge >= 0.3 is 0 Å². The summed E-state index contributed by atoms with van der Waals surface area (Å²) >= 11 is 0. The molecular weight excluding hydrogens is 362 g/mol. The Hall–Kier alpha value is -1.15. The first-order valence-electron chi connectivity index (χ1n) is 8.55. The van der Waals surface area contributed by atoms with Crippen molar-refractivity contribution in [1.29, 1.82) is 0 Å². The van der Waals surface area contributed by atoms with E-state index in [4.69, 9.17) is 5.73 Å². The predicted molar refractivity (Wildman–Crippen MR) is 103 cm³/mol. The van der Waals surface area contributed by atoms with Gasteiger partial charge in [0.05, 0.1) is 4.90 Å². The number of amides is 1. The van der Waals surface area contributed by atoms with Crippen LogP contribution in [0.2, 0.25) is 0 Å². The number of nitrogens with one attached hydrogen (secondary N) is 2. The lowest BCUT2D eigenvalue weighted by atomic mass is 10.1. The van der Waals surface area contributed by atoms with Gasteiger partial charge in [-0.3, -0.25) is 4.79 Å². The number of carbonyl (C=O) groups excluding carboxylic acids is 1. The smallest absolute Gasteiger partial charge is 0.241 e. The largest absolute Gasteiger partial charge is 0.330 e. The Morgan fingerprint density at radius 1 is 1.20 bits per heavy atom. The number of hydrogen-bond acceptors (Lipinski definition) is 4. The summed E-state index contributed by atoms with van der Waals surface area (Å²) in [7, 11) is -3.53. The molecule has 0 atom stereocenters. The summed E-state index contributed by atoms with van der Waals surface area (Å²) in [5, 5.41) is 2.79. The molecule has 1 aromatic rings. The number of sulfonamides is 1. The highest BCUT2D eigenvalue weighted by molar-refractivity contribution is 7.89. The van der Waals surface area contributed by atoms with Crippen LogP contribution in [0.5, 0.6) is 0 Å². The van der Waals surface area contributed by atoms with E-state index >= 15 is 0 Å². The van der Waals surface area contributed by atoms with Crippen molar-refractivity contribution < 1.29 is 13.2 Å². The van der Waals surface area contributed by atoms with Crippen LogP contribution in [0.4, 0.5) is 5.69 Å². The molecule has 0 unspecified atom stereocenters. The quantitative estimate of drug-likeness (QED) is 0.535. The Morgan fingerprint density at radius 3 is 2.52 bits per heavy atom. The van der Waals surface area contributed by atoms with E-state index < -0.39 is 10.0 Å². The molecule has 6 nitrogen and oxygen atoms in total. The molecule has 0 heterocycles. The van der Waals surface area contributed by atoms with Gasteiger partial charge in [-0.1, -0.05) is 18.9 Å². The molecule has 1 saturated carbocycles. The summed E-state index contributed by atoms with van der Waals surface area (Å²) in [5.41, 5.74) is 6.62. The molecule has 8 heteroatoms. The molecule has 2 rings (SSSR count). The highest BCUT2D eigenvalue weighted by Crippen LogP contribution is 2.25. The average molecular weight is 390 g/mol. The van der Waals surface area contributed by atoms with Crippen LogP contribution in [0, 0.1) is 6.92 Å². The summed E-state index contributed by atoms with van der Waals surface area (Å²) in [6, 6.07) is 5.05. The first kappa shape index (κ1) is 21.9. The molecule has 0 aliphatic heterocycles. The number of nitrogens with two attached hydrogens (primary N) is 1. The normalized spacial score (nSPS) is 14.0. The Kier molecular flexibility index (Phi) is 8.85. The molecular formula is C17H28ClN3O3S. The minimum absolute atomic E-state index is 0. The van der Waals surface area contributed by atoms with Crippen molar-refractivity contribution >= 4 is 34.0 Å². The maximum Gasteiger partial charge on any atom is 0.241 e. The molecule has 1 amide bonds. The van der Waals surface area contributed by atoms with Crippen LogP contribution in [0.25, 0.3) is 0 Å². The molecule has 25 heavy (non-hydrogen) atoms. The Balaban J connectivity index is 0.00000312. The van der Waals surface area contributed by atoms with Crippen LogP contribution < -0.4 is 15.8 Å². The van der Waals surface area contributed by atoms with Crippen LogP contribution >= 0.6 is 12.4 Å². The predicted octanol–water partition coefficient (Wildman–Crippen LogP) is 2.71. The van der Waals surface area contributed by atoms with Gasteiger partial charge in [-0.2, -0.15) is 0 Å². The topological polar surface area (TPSA) is 101 Å². The van der Waals surface area contributed by atoms with E-state index in [1.807, 2.05) is 0 Å². The SMILES string of the molecule is Cc1ccc(NC(=O)CCCCCCN)cc1S(=O)(=O)NC1CC1.Cl. The van der Waals surface area contributed by atoms with E-state index in [9.17, 15) is 13.2 Å². The molecule has 0 spiro atoms. The first-order valence-corrected chi connectivity index (χ1v) is 10.0. The molecule has 0 aromatic heterocycles. The van der Waals surface area contributed by atoms with Gasteiger partial charge < -0.3 is 11.1 Å². The van der Waals surface area contributed by atoms with Crippen molar-refractivity contribution in [3.8, 4) is 0 Å². The van der Waals surface area contributed by atoms with E-state index in [1.54, 1.807) is 19.1 Å². The third-order valence-electron chi connectivity index (χ3n) is 4.02. The fourth-order valence-corrected chi connectivity index (χ4v) is 4.03. The molecule has 1 aliphatic rings. The number of benzene rings is 1. The summed E-state index contributed by atoms with van der Waals surface area (Å²) in [6.07, 6.45) is 6.01. The highest BCUT2D eigenvalue weighted by Gasteiger charge is 2.29. The Labute approximate surface area is 156 Å². The summed E-state index contributed by atoms with van der Waals surface area (Å²) < 4.78 is 27.4. The maximum atomic E-state index is 12.4. The lowest BCUT2D eigenvalue weighted by Crippen LogP contribution is -2.26. The van der Waals surface area contributed by atoms with Crippen LogP contribution in [0.15, 0.2) is 23.1 Å². The van der Waals surface area contributed by atoms with E-state index in [0.717, 1.165) is 38.5 Å². The second kappa shape index (κ2) is 10.1. The van der Waals surface area contributed by atoms with Gasteiger partial charge in [0, 0.05) is 18.2 Å². The van der Waals surface area contributed by atoms with Crippen LogP contribution in [-0.2, 0) is 14.8 Å². The van der Waals surface area contributed by atoms with Gasteiger partial charge in [0.15, 0.2) is 0 Å². The number of anilines is 1. The second-order valence-electron chi connectivity index (χ2n) is 6.38. The number of aryl methyl sites for hydroxylation is 1. The van der Waals surface area contributed by atoms with Gasteiger partial charge in [-0.25, -0.2) is 13.1 Å². The number of rotatable bonds is 10. The number of carbonyl (C=O) groups is 1.